The molecule has 0 aromatic rings. The molecule has 0 aliphatic rings. The number of carbonyl (C=O) groups is 1. The Hall–Kier alpha value is 0.320. The van der Waals surface area contributed by atoms with Crippen molar-refractivity contribution in [1.82, 2.24) is 0 Å². The first kappa shape index (κ1) is 18.7. The summed E-state index contributed by atoms with van der Waals surface area (Å²) >= 11 is 0. The third-order valence-corrected chi connectivity index (χ3v) is 2.72. The number of unbranched alkanes of at least 4 members (excludes halogenated alkanes) is 3. The molecule has 0 aromatic heterocycles. The van der Waals surface area contributed by atoms with Crippen molar-refractivity contribution in [3.63, 3.8) is 0 Å². The Morgan fingerprint density at radius 3 is 2.25 bits per heavy atom. The summed E-state index contributed by atoms with van der Waals surface area (Å²) < 4.78 is 29.0. The van der Waals surface area contributed by atoms with Crippen LogP contribution in [0.5, 0.6) is 0 Å². The van der Waals surface area contributed by atoms with Gasteiger partial charge in [0.2, 0.25) is 0 Å². The van der Waals surface area contributed by atoms with E-state index in [-0.39, 0.29) is 36.0 Å². The van der Waals surface area contributed by atoms with Gasteiger partial charge in [-0.05, 0) is 19.3 Å². The van der Waals surface area contributed by atoms with E-state index >= 15 is 0 Å². The molecule has 0 unspecified atom stereocenters. The number of hydrogen-bond donors (Lipinski definition) is 1. The summed E-state index contributed by atoms with van der Waals surface area (Å²) in [5, 5.41) is -1.11. The van der Waals surface area contributed by atoms with Crippen LogP contribution in [0.1, 0.15) is 45.4 Å². The van der Waals surface area contributed by atoms with Gasteiger partial charge < -0.3 is 0 Å². The van der Waals surface area contributed by atoms with Crippen molar-refractivity contribution < 1.29 is 17.8 Å². The summed E-state index contributed by atoms with van der Waals surface area (Å²) in [6.45, 7) is 2.12. The molecule has 0 fully saturated rings. The molecule has 0 heterocycles. The minimum absolute atomic E-state index is 0. The van der Waals surface area contributed by atoms with Crippen LogP contribution in [-0.4, -0.2) is 47.6 Å². The Balaban J connectivity index is 0. The summed E-state index contributed by atoms with van der Waals surface area (Å²) in [7, 11) is -4.48. The molecular weight excluding hydrogens is 239 g/mol. The van der Waals surface area contributed by atoms with Crippen LogP contribution in [0.4, 0.5) is 0 Å². The zero-order valence-corrected chi connectivity index (χ0v) is 9.79. The van der Waals surface area contributed by atoms with Crippen LogP contribution < -0.4 is 0 Å². The first-order valence-electron chi connectivity index (χ1n) is 5.13. The number of hydrogen-bond acceptors (Lipinski definition) is 3. The zero-order chi connectivity index (χ0) is 11.7. The van der Waals surface area contributed by atoms with E-state index in [4.69, 9.17) is 4.55 Å². The Morgan fingerprint density at radius 1 is 1.19 bits per heavy atom. The first-order valence-corrected chi connectivity index (χ1v) is 6.57. The van der Waals surface area contributed by atoms with Gasteiger partial charge in [0, 0.05) is 6.42 Å². The van der Waals surface area contributed by atoms with Crippen molar-refractivity contribution in [1.29, 1.82) is 0 Å². The summed E-state index contributed by atoms with van der Waals surface area (Å²) in [6.07, 6.45) is 8.33. The van der Waals surface area contributed by atoms with E-state index in [1.807, 2.05) is 6.08 Å². The van der Waals surface area contributed by atoms with Crippen molar-refractivity contribution in [2.45, 2.75) is 45.4 Å². The van der Waals surface area contributed by atoms with Crippen LogP contribution >= 0.6 is 0 Å². The van der Waals surface area contributed by atoms with Crippen LogP contribution in [0.15, 0.2) is 12.2 Å². The molecule has 0 radical (unpaired) electrons. The summed E-state index contributed by atoms with van der Waals surface area (Å²) in [5.41, 5.74) is 0. The van der Waals surface area contributed by atoms with Gasteiger partial charge in [0.15, 0.2) is 0 Å². The molecule has 0 atom stereocenters. The molecule has 6 heteroatoms. The van der Waals surface area contributed by atoms with Gasteiger partial charge in [0.05, 0.1) is 0 Å². The molecule has 0 aromatic carbocycles. The predicted octanol–water partition coefficient (Wildman–Crippen LogP) is 1.67. The van der Waals surface area contributed by atoms with Crippen LogP contribution in [0.3, 0.4) is 0 Å². The predicted molar refractivity (Wildman–Crippen MR) is 66.2 cm³/mol. The van der Waals surface area contributed by atoms with Crippen molar-refractivity contribution in [2.24, 2.45) is 0 Å². The first-order chi connectivity index (χ1) is 6.98. The van der Waals surface area contributed by atoms with E-state index in [1.54, 1.807) is 6.08 Å². The summed E-state index contributed by atoms with van der Waals surface area (Å²) in [4.78, 5) is 10.7. The molecule has 0 rings (SSSR count). The van der Waals surface area contributed by atoms with Gasteiger partial charge >= 0.3 is 39.7 Å². The maximum absolute atomic E-state index is 10.7. The summed E-state index contributed by atoms with van der Waals surface area (Å²) in [5.74, 6) is 0. The zero-order valence-electron chi connectivity index (χ0n) is 8.98. The van der Waals surface area contributed by atoms with Crippen molar-refractivity contribution in [3.8, 4) is 0 Å². The fourth-order valence-corrected chi connectivity index (χ4v) is 1.45. The second-order valence-electron chi connectivity index (χ2n) is 3.35. The third-order valence-electron chi connectivity index (χ3n) is 1.94. The van der Waals surface area contributed by atoms with E-state index in [9.17, 15) is 13.2 Å². The molecule has 0 saturated carbocycles. The van der Waals surface area contributed by atoms with Crippen LogP contribution in [-0.2, 0) is 14.9 Å². The molecule has 0 aliphatic heterocycles. The van der Waals surface area contributed by atoms with Crippen molar-refractivity contribution >= 4 is 44.8 Å². The van der Waals surface area contributed by atoms with Gasteiger partial charge in [-0.25, -0.2) is 0 Å². The molecule has 0 aliphatic carbocycles. The van der Waals surface area contributed by atoms with E-state index in [2.05, 4.69) is 6.92 Å². The molecular formula is C10H19NaO4S. The Labute approximate surface area is 120 Å². The van der Waals surface area contributed by atoms with E-state index < -0.39 is 15.2 Å². The SMILES string of the molecule is CCCCCC=CCCC(=O)S(=O)(=O)O.[NaH]. The molecule has 0 amide bonds. The monoisotopic (exact) mass is 258 g/mol. The van der Waals surface area contributed by atoms with E-state index in [0.717, 1.165) is 19.3 Å². The quantitative estimate of drug-likeness (QED) is 0.326. The standard InChI is InChI=1S/C10H18O4S.Na.H/c1-2-3-4-5-6-7-8-9-10(11)15(12,13)14;;/h6-7H,2-5,8-9H2,1H3,(H,12,13,14);;. The van der Waals surface area contributed by atoms with Gasteiger partial charge in [-0.15, -0.1) is 0 Å². The third kappa shape index (κ3) is 10.8. The van der Waals surface area contributed by atoms with E-state index in [0.29, 0.717) is 6.42 Å². The molecule has 16 heavy (non-hydrogen) atoms. The number of allylic oxidation sites excluding steroid dienone is 2. The average Bonchev–Trinajstić information content (AvgIpc) is 2.14. The molecule has 90 valence electrons. The maximum atomic E-state index is 10.7. The average molecular weight is 258 g/mol. The fourth-order valence-electron chi connectivity index (χ4n) is 1.08. The van der Waals surface area contributed by atoms with Crippen molar-refractivity contribution in [3.05, 3.63) is 12.2 Å². The van der Waals surface area contributed by atoms with Crippen LogP contribution in [0.2, 0.25) is 0 Å². The number of carbonyl (C=O) groups excluding carboxylic acids is 1. The minimum atomic E-state index is -4.48. The van der Waals surface area contributed by atoms with E-state index in [1.165, 1.54) is 6.42 Å². The van der Waals surface area contributed by atoms with Gasteiger partial charge in [-0.1, -0.05) is 31.9 Å². The Morgan fingerprint density at radius 2 is 1.75 bits per heavy atom. The molecule has 0 spiro atoms. The fraction of sp³-hybridized carbons (Fsp3) is 0.700. The molecule has 1 N–H and O–H groups in total. The van der Waals surface area contributed by atoms with Gasteiger partial charge in [-0.2, -0.15) is 8.42 Å². The second kappa shape index (κ2) is 10.5. The summed E-state index contributed by atoms with van der Waals surface area (Å²) in [6, 6.07) is 0. The molecule has 4 nitrogen and oxygen atoms in total. The Bertz CT molecular complexity index is 309. The van der Waals surface area contributed by atoms with Crippen LogP contribution in [0, 0.1) is 0 Å². The van der Waals surface area contributed by atoms with Gasteiger partial charge in [0.1, 0.15) is 0 Å². The topological polar surface area (TPSA) is 71.4 Å². The molecule has 0 bridgehead atoms. The Kier molecular flexibility index (Phi) is 12.2. The van der Waals surface area contributed by atoms with Gasteiger partial charge in [0.25, 0.3) is 5.12 Å². The normalized spacial score (nSPS) is 11.4. The molecule has 0 saturated heterocycles. The van der Waals surface area contributed by atoms with Crippen molar-refractivity contribution in [2.75, 3.05) is 0 Å². The van der Waals surface area contributed by atoms with Gasteiger partial charge in [-0.3, -0.25) is 9.35 Å². The number of rotatable bonds is 7. The second-order valence-corrected chi connectivity index (χ2v) is 4.76. The van der Waals surface area contributed by atoms with Crippen LogP contribution in [0.25, 0.3) is 0 Å².